The molecular formula is C23H26N2O2. The average molecular weight is 362 g/mol. The van der Waals surface area contributed by atoms with Crippen LogP contribution in [0.3, 0.4) is 0 Å². The molecule has 3 saturated heterocycles. The lowest BCUT2D eigenvalue weighted by Gasteiger charge is -2.53. The van der Waals surface area contributed by atoms with Crippen molar-refractivity contribution < 1.29 is 9.53 Å². The standard InChI is InChI=1S/C23H26N2O2/c1-27-20-11-7-16-8-12-21(22(16)13-20)23(26)25-15-18-9-10-19(25)14-24(18)17-5-3-2-4-6-17/h2-7,11,13,18-19,21H,8-10,12,14-15H2,1H3/t18-,19-,21?/m0/s1. The summed E-state index contributed by atoms with van der Waals surface area (Å²) in [5.74, 6) is 1.17. The number of ether oxygens (including phenoxy) is 1. The Kier molecular flexibility index (Phi) is 4.07. The number of piperazine rings is 1. The van der Waals surface area contributed by atoms with Crippen molar-refractivity contribution in [3.8, 4) is 5.75 Å². The van der Waals surface area contributed by atoms with Crippen LogP contribution in [0.4, 0.5) is 5.69 Å². The second kappa shape index (κ2) is 6.59. The number of para-hydroxylation sites is 1. The smallest absolute Gasteiger partial charge is 0.230 e. The number of methoxy groups -OCH3 is 1. The van der Waals surface area contributed by atoms with Crippen molar-refractivity contribution >= 4 is 11.6 Å². The van der Waals surface area contributed by atoms with Gasteiger partial charge in [0.2, 0.25) is 5.91 Å². The quantitative estimate of drug-likeness (QED) is 0.836. The van der Waals surface area contributed by atoms with E-state index in [1.165, 1.54) is 23.2 Å². The molecule has 3 aliphatic heterocycles. The first-order valence-corrected chi connectivity index (χ1v) is 10.0. The number of fused-ring (bicyclic) bond motifs is 4. The molecule has 0 saturated carbocycles. The molecule has 4 aliphatic rings. The number of anilines is 1. The lowest BCUT2D eigenvalue weighted by Crippen LogP contribution is -2.64. The van der Waals surface area contributed by atoms with E-state index in [2.05, 4.69) is 52.3 Å². The summed E-state index contributed by atoms with van der Waals surface area (Å²) in [6, 6.07) is 17.6. The molecular weight excluding hydrogens is 336 g/mol. The topological polar surface area (TPSA) is 32.8 Å². The van der Waals surface area contributed by atoms with Crippen LogP contribution in [-0.4, -0.2) is 43.1 Å². The number of hydrogen-bond acceptors (Lipinski definition) is 3. The van der Waals surface area contributed by atoms with E-state index < -0.39 is 0 Å². The largest absolute Gasteiger partial charge is 0.497 e. The molecule has 27 heavy (non-hydrogen) atoms. The molecule has 2 aromatic carbocycles. The van der Waals surface area contributed by atoms with Gasteiger partial charge in [-0.3, -0.25) is 4.79 Å². The van der Waals surface area contributed by atoms with Crippen molar-refractivity contribution in [2.45, 2.75) is 43.7 Å². The number of amides is 1. The first-order chi connectivity index (χ1) is 13.2. The first-order valence-electron chi connectivity index (χ1n) is 10.0. The van der Waals surface area contributed by atoms with Crippen LogP contribution in [0.1, 0.15) is 36.3 Å². The molecule has 2 aromatic rings. The second-order valence-corrected chi connectivity index (χ2v) is 8.02. The molecule has 0 aromatic heterocycles. The highest BCUT2D eigenvalue weighted by Crippen LogP contribution is 2.40. The van der Waals surface area contributed by atoms with Gasteiger partial charge in [0.05, 0.1) is 13.0 Å². The summed E-state index contributed by atoms with van der Waals surface area (Å²) in [6.45, 7) is 1.81. The van der Waals surface area contributed by atoms with E-state index in [1.54, 1.807) is 7.11 Å². The molecule has 3 heterocycles. The fourth-order valence-corrected chi connectivity index (χ4v) is 5.20. The van der Waals surface area contributed by atoms with Gasteiger partial charge in [0.25, 0.3) is 0 Å². The third-order valence-corrected chi connectivity index (χ3v) is 6.63. The third-order valence-electron chi connectivity index (χ3n) is 6.63. The number of hydrogen-bond donors (Lipinski definition) is 0. The van der Waals surface area contributed by atoms with Crippen LogP contribution in [0.15, 0.2) is 48.5 Å². The zero-order chi connectivity index (χ0) is 18.4. The van der Waals surface area contributed by atoms with Crippen LogP contribution in [0.5, 0.6) is 5.75 Å². The van der Waals surface area contributed by atoms with Gasteiger partial charge in [-0.25, -0.2) is 0 Å². The summed E-state index contributed by atoms with van der Waals surface area (Å²) in [5, 5.41) is 0. The lowest BCUT2D eigenvalue weighted by atomic mass is 9.88. The summed E-state index contributed by atoms with van der Waals surface area (Å²) >= 11 is 0. The minimum Gasteiger partial charge on any atom is -0.497 e. The predicted octanol–water partition coefficient (Wildman–Crippen LogP) is 3.60. The van der Waals surface area contributed by atoms with Gasteiger partial charge in [-0.05, 0) is 61.1 Å². The molecule has 0 radical (unpaired) electrons. The first kappa shape index (κ1) is 16.7. The minimum atomic E-state index is -0.000347. The van der Waals surface area contributed by atoms with Gasteiger partial charge in [0.15, 0.2) is 0 Å². The highest BCUT2D eigenvalue weighted by Gasteiger charge is 2.43. The van der Waals surface area contributed by atoms with Crippen molar-refractivity contribution in [1.82, 2.24) is 4.90 Å². The van der Waals surface area contributed by atoms with Crippen LogP contribution in [0.25, 0.3) is 0 Å². The molecule has 4 nitrogen and oxygen atoms in total. The van der Waals surface area contributed by atoms with Crippen LogP contribution >= 0.6 is 0 Å². The van der Waals surface area contributed by atoms with Crippen LogP contribution < -0.4 is 9.64 Å². The monoisotopic (exact) mass is 362 g/mol. The molecule has 6 rings (SSSR count). The summed E-state index contributed by atoms with van der Waals surface area (Å²) in [5.41, 5.74) is 3.78. The van der Waals surface area contributed by atoms with Crippen molar-refractivity contribution in [1.29, 1.82) is 0 Å². The molecule has 2 bridgehead atoms. The van der Waals surface area contributed by atoms with Gasteiger partial charge in [0, 0.05) is 30.9 Å². The maximum absolute atomic E-state index is 13.5. The molecule has 0 spiro atoms. The maximum atomic E-state index is 13.5. The van der Waals surface area contributed by atoms with Crippen LogP contribution in [0, 0.1) is 0 Å². The van der Waals surface area contributed by atoms with Crippen LogP contribution in [0.2, 0.25) is 0 Å². The summed E-state index contributed by atoms with van der Waals surface area (Å²) in [7, 11) is 1.69. The minimum absolute atomic E-state index is 0.000347. The van der Waals surface area contributed by atoms with E-state index in [0.717, 1.165) is 38.1 Å². The number of carbonyl (C=O) groups excluding carboxylic acids is 1. The van der Waals surface area contributed by atoms with Gasteiger partial charge in [0.1, 0.15) is 5.75 Å². The molecule has 1 amide bonds. The molecule has 3 atom stereocenters. The number of aryl methyl sites for hydroxylation is 1. The Hall–Kier alpha value is -2.49. The fourth-order valence-electron chi connectivity index (χ4n) is 5.20. The van der Waals surface area contributed by atoms with Crippen molar-refractivity contribution in [2.24, 2.45) is 0 Å². The third kappa shape index (κ3) is 2.78. The number of rotatable bonds is 3. The van der Waals surface area contributed by atoms with Gasteiger partial charge in [-0.15, -0.1) is 0 Å². The Morgan fingerprint density at radius 1 is 1.00 bits per heavy atom. The molecule has 1 aliphatic carbocycles. The SMILES string of the molecule is COc1ccc2c(c1)C(C(=O)N1C[C@@H]3CC[C@H]1CN3c1ccccc1)CC2. The Morgan fingerprint density at radius 3 is 2.56 bits per heavy atom. The normalized spacial score (nSPS) is 26.2. The Balaban J connectivity index is 1.36. The zero-order valence-corrected chi connectivity index (χ0v) is 15.8. The summed E-state index contributed by atoms with van der Waals surface area (Å²) in [4.78, 5) is 18.2. The van der Waals surface area contributed by atoms with Crippen LogP contribution in [-0.2, 0) is 11.2 Å². The number of piperidine rings is 2. The Labute approximate surface area is 160 Å². The molecule has 3 fully saturated rings. The van der Waals surface area contributed by atoms with E-state index >= 15 is 0 Å². The predicted molar refractivity (Wildman–Crippen MR) is 106 cm³/mol. The van der Waals surface area contributed by atoms with Gasteiger partial charge in [-0.2, -0.15) is 0 Å². The fraction of sp³-hybridized carbons (Fsp3) is 0.435. The van der Waals surface area contributed by atoms with E-state index in [1.807, 2.05) is 6.07 Å². The Bertz CT molecular complexity index is 851. The summed E-state index contributed by atoms with van der Waals surface area (Å²) in [6.07, 6.45) is 4.22. The van der Waals surface area contributed by atoms with Gasteiger partial charge >= 0.3 is 0 Å². The lowest BCUT2D eigenvalue weighted by molar-refractivity contribution is -0.138. The Morgan fingerprint density at radius 2 is 1.81 bits per heavy atom. The molecule has 0 N–H and O–H groups in total. The molecule has 4 heteroatoms. The van der Waals surface area contributed by atoms with Crippen molar-refractivity contribution in [2.75, 3.05) is 25.1 Å². The number of carbonyl (C=O) groups is 1. The van der Waals surface area contributed by atoms with Gasteiger partial charge < -0.3 is 14.5 Å². The zero-order valence-electron chi connectivity index (χ0n) is 15.8. The van der Waals surface area contributed by atoms with E-state index in [0.29, 0.717) is 18.0 Å². The van der Waals surface area contributed by atoms with E-state index in [9.17, 15) is 4.79 Å². The molecule has 140 valence electrons. The highest BCUT2D eigenvalue weighted by atomic mass is 16.5. The number of nitrogens with zero attached hydrogens (tertiary/aromatic N) is 2. The van der Waals surface area contributed by atoms with Crippen molar-refractivity contribution in [3.05, 3.63) is 59.7 Å². The highest BCUT2D eigenvalue weighted by molar-refractivity contribution is 5.86. The molecule has 1 unspecified atom stereocenters. The number of benzene rings is 2. The van der Waals surface area contributed by atoms with Crippen molar-refractivity contribution in [3.63, 3.8) is 0 Å². The summed E-state index contributed by atoms with van der Waals surface area (Å²) < 4.78 is 5.39. The van der Waals surface area contributed by atoms with E-state index in [-0.39, 0.29) is 5.92 Å². The maximum Gasteiger partial charge on any atom is 0.230 e. The van der Waals surface area contributed by atoms with Gasteiger partial charge in [-0.1, -0.05) is 24.3 Å². The second-order valence-electron chi connectivity index (χ2n) is 8.02. The average Bonchev–Trinajstić information content (AvgIpc) is 3.17. The van der Waals surface area contributed by atoms with E-state index in [4.69, 9.17) is 4.74 Å².